The molecule has 0 bridgehead atoms. The Labute approximate surface area is 274 Å². The van der Waals surface area contributed by atoms with Crippen LogP contribution in [0.1, 0.15) is 25.0 Å². The van der Waals surface area contributed by atoms with Crippen molar-refractivity contribution in [3.05, 3.63) is 163 Å². The Morgan fingerprint density at radius 3 is 2.02 bits per heavy atom. The lowest BCUT2D eigenvalue weighted by Crippen LogP contribution is -2.14. The monoisotopic (exact) mass is 601 g/mol. The van der Waals surface area contributed by atoms with Gasteiger partial charge in [0.25, 0.3) is 0 Å². The van der Waals surface area contributed by atoms with Crippen LogP contribution in [0.5, 0.6) is 0 Å². The molecule has 222 valence electrons. The van der Waals surface area contributed by atoms with Crippen LogP contribution in [0.2, 0.25) is 0 Å². The van der Waals surface area contributed by atoms with Gasteiger partial charge in [0.1, 0.15) is 0 Å². The molecule has 3 heteroatoms. The molecule has 3 nitrogen and oxygen atoms in total. The van der Waals surface area contributed by atoms with E-state index < -0.39 is 0 Å². The van der Waals surface area contributed by atoms with Gasteiger partial charge in [0, 0.05) is 34.5 Å². The Kier molecular flexibility index (Phi) is 6.16. The average molecular weight is 602 g/mol. The fourth-order valence-electron chi connectivity index (χ4n) is 7.33. The van der Waals surface area contributed by atoms with Gasteiger partial charge < -0.3 is 0 Å². The number of nitrogens with zero attached hydrogens (tertiary/aromatic N) is 3. The third kappa shape index (κ3) is 4.46. The molecule has 0 aliphatic heterocycles. The lowest BCUT2D eigenvalue weighted by molar-refractivity contribution is 0.661. The maximum atomic E-state index is 5.22. The zero-order valence-electron chi connectivity index (χ0n) is 26.3. The number of hydrogen-bond acceptors (Lipinski definition) is 3. The van der Waals surface area contributed by atoms with Crippen LogP contribution in [-0.2, 0) is 5.41 Å². The van der Waals surface area contributed by atoms with E-state index in [2.05, 4.69) is 146 Å². The number of aromatic nitrogens is 3. The second-order valence-corrected chi connectivity index (χ2v) is 12.9. The van der Waals surface area contributed by atoms with E-state index in [0.717, 1.165) is 39.2 Å². The van der Waals surface area contributed by atoms with E-state index in [-0.39, 0.29) is 5.41 Å². The van der Waals surface area contributed by atoms with Gasteiger partial charge in [-0.2, -0.15) is 0 Å². The van der Waals surface area contributed by atoms with Gasteiger partial charge in [-0.25, -0.2) is 9.97 Å². The minimum absolute atomic E-state index is 0.0569. The summed E-state index contributed by atoms with van der Waals surface area (Å²) in [6.45, 7) is 4.69. The fourth-order valence-corrected chi connectivity index (χ4v) is 7.33. The maximum Gasteiger partial charge on any atom is 0.160 e. The van der Waals surface area contributed by atoms with Gasteiger partial charge in [0.05, 0.1) is 11.4 Å². The summed E-state index contributed by atoms with van der Waals surface area (Å²) in [6, 6.07) is 49.8. The summed E-state index contributed by atoms with van der Waals surface area (Å²) in [5, 5.41) is 4.94. The first-order chi connectivity index (χ1) is 23.0. The van der Waals surface area contributed by atoms with Crippen LogP contribution in [0.15, 0.2) is 152 Å². The van der Waals surface area contributed by atoms with Crippen molar-refractivity contribution in [2.45, 2.75) is 19.3 Å². The van der Waals surface area contributed by atoms with Crippen molar-refractivity contribution in [1.29, 1.82) is 0 Å². The SMILES string of the molecule is CC1(C)c2ccccc2-c2cc3ccc4c(-c5cc(-c6ccccc6)nc(-c6ccc(-c7cccnc7)cc6)n5)cccc4c3cc21. The second-order valence-electron chi connectivity index (χ2n) is 12.9. The molecule has 1 aliphatic carbocycles. The quantitative estimate of drug-likeness (QED) is 0.188. The Morgan fingerprint density at radius 1 is 0.447 bits per heavy atom. The normalized spacial score (nSPS) is 13.1. The first-order valence-electron chi connectivity index (χ1n) is 16.1. The van der Waals surface area contributed by atoms with E-state index >= 15 is 0 Å². The van der Waals surface area contributed by atoms with Crippen molar-refractivity contribution in [1.82, 2.24) is 15.0 Å². The molecule has 0 radical (unpaired) electrons. The first-order valence-corrected chi connectivity index (χ1v) is 16.1. The second kappa shape index (κ2) is 10.6. The Bertz CT molecular complexity index is 2460. The van der Waals surface area contributed by atoms with Crippen molar-refractivity contribution in [2.75, 3.05) is 0 Å². The molecule has 0 saturated carbocycles. The molecule has 9 rings (SSSR count). The molecule has 8 aromatic rings. The first kappa shape index (κ1) is 27.4. The van der Waals surface area contributed by atoms with Crippen molar-refractivity contribution < 1.29 is 0 Å². The predicted octanol–water partition coefficient (Wildman–Crippen LogP) is 11.2. The number of fused-ring (bicyclic) bond motifs is 6. The van der Waals surface area contributed by atoms with Crippen molar-refractivity contribution >= 4 is 21.5 Å². The summed E-state index contributed by atoms with van der Waals surface area (Å²) < 4.78 is 0. The summed E-state index contributed by atoms with van der Waals surface area (Å²) in [5.74, 6) is 0.703. The van der Waals surface area contributed by atoms with E-state index in [9.17, 15) is 0 Å². The summed E-state index contributed by atoms with van der Waals surface area (Å²) in [6.07, 6.45) is 3.68. The largest absolute Gasteiger partial charge is 0.264 e. The van der Waals surface area contributed by atoms with Crippen LogP contribution in [-0.4, -0.2) is 15.0 Å². The third-order valence-corrected chi connectivity index (χ3v) is 9.79. The number of hydrogen-bond donors (Lipinski definition) is 0. The average Bonchev–Trinajstić information content (AvgIpc) is 3.36. The summed E-state index contributed by atoms with van der Waals surface area (Å²) in [7, 11) is 0. The van der Waals surface area contributed by atoms with Crippen LogP contribution < -0.4 is 0 Å². The summed E-state index contributed by atoms with van der Waals surface area (Å²) >= 11 is 0. The number of pyridine rings is 1. The van der Waals surface area contributed by atoms with E-state index in [1.165, 1.54) is 43.8 Å². The molecule has 1 aliphatic rings. The Morgan fingerprint density at radius 2 is 1.19 bits per heavy atom. The maximum absolute atomic E-state index is 5.22. The molecule has 0 amide bonds. The molecule has 0 spiro atoms. The van der Waals surface area contributed by atoms with Gasteiger partial charge in [0.2, 0.25) is 0 Å². The molecule has 0 fully saturated rings. The van der Waals surface area contributed by atoms with Crippen molar-refractivity contribution in [3.63, 3.8) is 0 Å². The topological polar surface area (TPSA) is 38.7 Å². The van der Waals surface area contributed by atoms with Crippen molar-refractivity contribution in [2.24, 2.45) is 0 Å². The molecule has 2 aromatic heterocycles. The Hall–Kier alpha value is -5.93. The van der Waals surface area contributed by atoms with Gasteiger partial charge in [-0.3, -0.25) is 4.98 Å². The van der Waals surface area contributed by atoms with Crippen LogP contribution in [0.4, 0.5) is 0 Å². The Balaban J connectivity index is 1.22. The highest BCUT2D eigenvalue weighted by molar-refractivity contribution is 6.13. The highest BCUT2D eigenvalue weighted by Crippen LogP contribution is 2.50. The lowest BCUT2D eigenvalue weighted by Gasteiger charge is -2.22. The molecule has 0 atom stereocenters. The minimum Gasteiger partial charge on any atom is -0.264 e. The van der Waals surface area contributed by atoms with Crippen LogP contribution >= 0.6 is 0 Å². The van der Waals surface area contributed by atoms with E-state index in [1.54, 1.807) is 6.20 Å². The van der Waals surface area contributed by atoms with Gasteiger partial charge in [-0.05, 0) is 79.2 Å². The predicted molar refractivity (Wildman–Crippen MR) is 194 cm³/mol. The minimum atomic E-state index is -0.0569. The van der Waals surface area contributed by atoms with E-state index in [4.69, 9.17) is 9.97 Å². The lowest BCUT2D eigenvalue weighted by atomic mass is 9.81. The third-order valence-electron chi connectivity index (χ3n) is 9.79. The van der Waals surface area contributed by atoms with Gasteiger partial charge in [-0.15, -0.1) is 0 Å². The molecular formula is C44H31N3. The molecule has 0 unspecified atom stereocenters. The highest BCUT2D eigenvalue weighted by atomic mass is 14.9. The molecule has 6 aromatic carbocycles. The van der Waals surface area contributed by atoms with Crippen LogP contribution in [0.25, 0.3) is 77.7 Å². The van der Waals surface area contributed by atoms with Crippen LogP contribution in [0, 0.1) is 0 Å². The highest BCUT2D eigenvalue weighted by Gasteiger charge is 2.35. The molecule has 47 heavy (non-hydrogen) atoms. The fraction of sp³-hybridized carbons (Fsp3) is 0.0682. The standard InChI is InChI=1S/C44H31N3/c1-44(2)39-16-7-6-13-35(39)38-24-31-21-22-34-33(37(31)25-40(38)44)14-8-15-36(34)42-26-41(29-10-4-3-5-11-29)46-43(47-42)30-19-17-28(18-20-30)32-12-9-23-45-27-32/h3-27H,1-2H3. The number of rotatable bonds is 4. The van der Waals surface area contributed by atoms with E-state index in [1.807, 2.05) is 18.3 Å². The smallest absolute Gasteiger partial charge is 0.160 e. The van der Waals surface area contributed by atoms with Gasteiger partial charge >= 0.3 is 0 Å². The number of benzene rings is 6. The zero-order valence-corrected chi connectivity index (χ0v) is 26.3. The molecule has 0 saturated heterocycles. The molecule has 2 heterocycles. The van der Waals surface area contributed by atoms with Gasteiger partial charge in [0.15, 0.2) is 5.82 Å². The van der Waals surface area contributed by atoms with E-state index in [0.29, 0.717) is 5.82 Å². The zero-order chi connectivity index (χ0) is 31.5. The summed E-state index contributed by atoms with van der Waals surface area (Å²) in [4.78, 5) is 14.6. The molecular weight excluding hydrogens is 571 g/mol. The summed E-state index contributed by atoms with van der Waals surface area (Å²) in [5.41, 5.74) is 12.5. The van der Waals surface area contributed by atoms with Gasteiger partial charge in [-0.1, -0.05) is 129 Å². The van der Waals surface area contributed by atoms with Crippen LogP contribution in [0.3, 0.4) is 0 Å². The van der Waals surface area contributed by atoms with Crippen molar-refractivity contribution in [3.8, 4) is 56.2 Å². The molecule has 0 N–H and O–H groups in total.